The first-order valence-corrected chi connectivity index (χ1v) is 10.1. The quantitative estimate of drug-likeness (QED) is 0.667. The van der Waals surface area contributed by atoms with Crippen LogP contribution in [0.1, 0.15) is 11.4 Å². The van der Waals surface area contributed by atoms with E-state index >= 15 is 0 Å². The third-order valence-corrected chi connectivity index (χ3v) is 7.29. The molecule has 4 nitrogen and oxygen atoms in total. The van der Waals surface area contributed by atoms with Gasteiger partial charge in [0, 0.05) is 13.0 Å². The van der Waals surface area contributed by atoms with Crippen LogP contribution in [0.2, 0.25) is 4.34 Å². The van der Waals surface area contributed by atoms with Gasteiger partial charge in [-0.15, -0.1) is 22.7 Å². The molecule has 0 unspecified atom stereocenters. The second kappa shape index (κ2) is 6.64. The van der Waals surface area contributed by atoms with E-state index in [1.54, 1.807) is 17.4 Å². The van der Waals surface area contributed by atoms with Crippen LogP contribution in [0.15, 0.2) is 40.6 Å². The summed E-state index contributed by atoms with van der Waals surface area (Å²) in [5.41, 5.74) is 0.997. The Balaban J connectivity index is 1.55. The summed E-state index contributed by atoms with van der Waals surface area (Å²) < 4.78 is 28.5. The van der Waals surface area contributed by atoms with Gasteiger partial charge in [0.15, 0.2) is 0 Å². The standard InChI is InChI=1S/C14H13ClN2O2S3/c15-12-7-8-14(21-12)22(18,19)16-9-3-6-13-17-10-4-1-2-5-11(10)20-13/h1-2,4-5,7-8,16H,3,6,9H2. The topological polar surface area (TPSA) is 59.1 Å². The largest absolute Gasteiger partial charge is 0.250 e. The second-order valence-electron chi connectivity index (χ2n) is 4.64. The average molecular weight is 373 g/mol. The molecule has 2 aromatic heterocycles. The lowest BCUT2D eigenvalue weighted by molar-refractivity contribution is 0.581. The van der Waals surface area contributed by atoms with E-state index in [2.05, 4.69) is 9.71 Å². The third-order valence-electron chi connectivity index (χ3n) is 3.01. The zero-order chi connectivity index (χ0) is 15.6. The fourth-order valence-corrected chi connectivity index (χ4v) is 5.60. The summed E-state index contributed by atoms with van der Waals surface area (Å²) in [6, 6.07) is 11.1. The first kappa shape index (κ1) is 15.9. The second-order valence-corrected chi connectivity index (χ2v) is 9.46. The minimum absolute atomic E-state index is 0.248. The number of benzene rings is 1. The van der Waals surface area contributed by atoms with Crippen LogP contribution in [-0.4, -0.2) is 19.9 Å². The van der Waals surface area contributed by atoms with Gasteiger partial charge in [0.05, 0.1) is 19.6 Å². The van der Waals surface area contributed by atoms with Gasteiger partial charge in [-0.05, 0) is 30.7 Å². The molecule has 0 saturated heterocycles. The zero-order valence-corrected chi connectivity index (χ0v) is 14.7. The number of rotatable bonds is 6. The monoisotopic (exact) mass is 372 g/mol. The Morgan fingerprint density at radius 1 is 1.14 bits per heavy atom. The summed E-state index contributed by atoms with van der Waals surface area (Å²) in [4.78, 5) is 4.53. The van der Waals surface area contributed by atoms with E-state index in [-0.39, 0.29) is 4.21 Å². The van der Waals surface area contributed by atoms with E-state index in [9.17, 15) is 8.42 Å². The number of hydrogen-bond donors (Lipinski definition) is 1. The van der Waals surface area contributed by atoms with Crippen LogP contribution in [0.4, 0.5) is 0 Å². The number of aromatic nitrogens is 1. The van der Waals surface area contributed by atoms with Crippen LogP contribution >= 0.6 is 34.3 Å². The highest BCUT2D eigenvalue weighted by Crippen LogP contribution is 2.25. The highest BCUT2D eigenvalue weighted by atomic mass is 35.5. The zero-order valence-electron chi connectivity index (χ0n) is 11.5. The normalized spacial score (nSPS) is 12.0. The first-order valence-electron chi connectivity index (χ1n) is 6.64. The predicted octanol–water partition coefficient (Wildman–Crippen LogP) is 3.92. The molecule has 2 heterocycles. The number of aryl methyl sites for hydroxylation is 1. The van der Waals surface area contributed by atoms with Crippen LogP contribution < -0.4 is 4.72 Å². The molecule has 3 rings (SSSR count). The Labute approximate surface area is 141 Å². The molecule has 116 valence electrons. The van der Waals surface area contributed by atoms with Gasteiger partial charge in [0.25, 0.3) is 0 Å². The lowest BCUT2D eigenvalue weighted by Crippen LogP contribution is -2.24. The van der Waals surface area contributed by atoms with Crippen LogP contribution in [0.25, 0.3) is 10.2 Å². The molecule has 0 aliphatic carbocycles. The molecule has 0 aliphatic heterocycles. The Bertz CT molecular complexity index is 853. The van der Waals surface area contributed by atoms with Gasteiger partial charge in [0.1, 0.15) is 4.21 Å². The van der Waals surface area contributed by atoms with Gasteiger partial charge in [-0.3, -0.25) is 0 Å². The number of sulfonamides is 1. The van der Waals surface area contributed by atoms with Crippen molar-refractivity contribution in [1.82, 2.24) is 9.71 Å². The SMILES string of the molecule is O=S(=O)(NCCCc1nc2ccccc2s1)c1ccc(Cl)s1. The molecule has 3 aromatic rings. The highest BCUT2D eigenvalue weighted by molar-refractivity contribution is 7.91. The van der Waals surface area contributed by atoms with Gasteiger partial charge in [0.2, 0.25) is 10.0 Å². The number of thiophene rings is 1. The molecule has 0 spiro atoms. The first-order chi connectivity index (χ1) is 10.5. The van der Waals surface area contributed by atoms with Gasteiger partial charge in [-0.2, -0.15) is 0 Å². The van der Waals surface area contributed by atoms with Crippen molar-refractivity contribution in [2.75, 3.05) is 6.54 Å². The molecule has 0 atom stereocenters. The molecule has 0 aliphatic rings. The third kappa shape index (κ3) is 3.67. The molecular formula is C14H13ClN2O2S3. The van der Waals surface area contributed by atoms with Crippen molar-refractivity contribution in [2.24, 2.45) is 0 Å². The van der Waals surface area contributed by atoms with Crippen LogP contribution in [-0.2, 0) is 16.4 Å². The summed E-state index contributed by atoms with van der Waals surface area (Å²) >= 11 is 8.47. The molecule has 1 aromatic carbocycles. The number of fused-ring (bicyclic) bond motifs is 1. The molecule has 8 heteroatoms. The number of nitrogens with one attached hydrogen (secondary N) is 1. The van der Waals surface area contributed by atoms with Crippen molar-refractivity contribution >= 4 is 54.5 Å². The average Bonchev–Trinajstić information content (AvgIpc) is 3.09. The maximum Gasteiger partial charge on any atom is 0.250 e. The number of thiazole rings is 1. The number of halogens is 1. The molecule has 0 bridgehead atoms. The Kier molecular flexibility index (Phi) is 4.79. The van der Waals surface area contributed by atoms with E-state index in [4.69, 9.17) is 11.6 Å². The summed E-state index contributed by atoms with van der Waals surface area (Å²) in [7, 11) is -3.45. The van der Waals surface area contributed by atoms with Crippen molar-refractivity contribution in [3.63, 3.8) is 0 Å². The van der Waals surface area contributed by atoms with Crippen LogP contribution in [0.5, 0.6) is 0 Å². The van der Waals surface area contributed by atoms with Crippen molar-refractivity contribution in [1.29, 1.82) is 0 Å². The lowest BCUT2D eigenvalue weighted by Gasteiger charge is -2.03. The van der Waals surface area contributed by atoms with Gasteiger partial charge in [-0.1, -0.05) is 23.7 Å². The molecule has 22 heavy (non-hydrogen) atoms. The number of hydrogen-bond acceptors (Lipinski definition) is 5. The maximum absolute atomic E-state index is 12.0. The number of para-hydroxylation sites is 1. The molecule has 0 fully saturated rings. The molecule has 0 saturated carbocycles. The Hall–Kier alpha value is -0.990. The van der Waals surface area contributed by atoms with Gasteiger partial charge in [-0.25, -0.2) is 18.1 Å². The molecule has 0 radical (unpaired) electrons. The molecule has 1 N–H and O–H groups in total. The summed E-state index contributed by atoms with van der Waals surface area (Å²) in [6.45, 7) is 0.383. The minimum Gasteiger partial charge on any atom is -0.241 e. The summed E-state index contributed by atoms with van der Waals surface area (Å²) in [5, 5.41) is 1.03. The fraction of sp³-hybridized carbons (Fsp3) is 0.214. The Morgan fingerprint density at radius 2 is 1.95 bits per heavy atom. The fourth-order valence-electron chi connectivity index (χ4n) is 1.99. The maximum atomic E-state index is 12.0. The van der Waals surface area contributed by atoms with E-state index in [1.165, 1.54) is 6.07 Å². The van der Waals surface area contributed by atoms with E-state index in [1.807, 2.05) is 24.3 Å². The van der Waals surface area contributed by atoms with Crippen molar-refractivity contribution < 1.29 is 8.42 Å². The van der Waals surface area contributed by atoms with Gasteiger partial charge >= 0.3 is 0 Å². The predicted molar refractivity (Wildman–Crippen MR) is 92.5 cm³/mol. The van der Waals surface area contributed by atoms with Crippen LogP contribution in [0, 0.1) is 0 Å². The smallest absolute Gasteiger partial charge is 0.241 e. The van der Waals surface area contributed by atoms with Crippen LogP contribution in [0.3, 0.4) is 0 Å². The Morgan fingerprint density at radius 3 is 2.68 bits per heavy atom. The number of nitrogens with zero attached hydrogens (tertiary/aromatic N) is 1. The highest BCUT2D eigenvalue weighted by Gasteiger charge is 2.15. The summed E-state index contributed by atoms with van der Waals surface area (Å²) in [6.07, 6.45) is 1.46. The van der Waals surface area contributed by atoms with Crippen molar-refractivity contribution in [2.45, 2.75) is 17.1 Å². The molecular weight excluding hydrogens is 360 g/mol. The van der Waals surface area contributed by atoms with Gasteiger partial charge < -0.3 is 0 Å². The van der Waals surface area contributed by atoms with E-state index in [0.29, 0.717) is 17.3 Å². The minimum atomic E-state index is -3.45. The lowest BCUT2D eigenvalue weighted by atomic mass is 10.3. The summed E-state index contributed by atoms with van der Waals surface area (Å²) in [5.74, 6) is 0. The molecule has 0 amide bonds. The van der Waals surface area contributed by atoms with E-state index in [0.717, 1.165) is 33.0 Å². The van der Waals surface area contributed by atoms with Crippen molar-refractivity contribution in [3.8, 4) is 0 Å². The van der Waals surface area contributed by atoms with Crippen molar-refractivity contribution in [3.05, 3.63) is 45.7 Å². The van der Waals surface area contributed by atoms with E-state index < -0.39 is 10.0 Å².